The predicted octanol–water partition coefficient (Wildman–Crippen LogP) is 1.63. The SMILES string of the molecule is CCOC(=O)C1CCN(C(=O)c2cn3c(n2)CCCC3)CC1. The van der Waals surface area contributed by atoms with E-state index in [2.05, 4.69) is 9.55 Å². The van der Waals surface area contributed by atoms with Gasteiger partial charge in [0.15, 0.2) is 0 Å². The average Bonchev–Trinajstić information content (AvgIpc) is 2.98. The highest BCUT2D eigenvalue weighted by Crippen LogP contribution is 2.21. The van der Waals surface area contributed by atoms with Crippen LogP contribution in [-0.2, 0) is 22.5 Å². The maximum absolute atomic E-state index is 12.6. The molecule has 2 aliphatic rings. The molecule has 0 N–H and O–H groups in total. The zero-order valence-electron chi connectivity index (χ0n) is 13.1. The molecule has 6 nitrogen and oxygen atoms in total. The molecule has 3 rings (SSSR count). The molecule has 120 valence electrons. The smallest absolute Gasteiger partial charge is 0.309 e. The van der Waals surface area contributed by atoms with Crippen LogP contribution in [0.2, 0.25) is 0 Å². The average molecular weight is 305 g/mol. The third kappa shape index (κ3) is 3.00. The lowest BCUT2D eigenvalue weighted by molar-refractivity contribution is -0.149. The summed E-state index contributed by atoms with van der Waals surface area (Å²) in [6.07, 6.45) is 6.50. The molecular weight excluding hydrogens is 282 g/mol. The van der Waals surface area contributed by atoms with Crippen LogP contribution in [0.4, 0.5) is 0 Å². The van der Waals surface area contributed by atoms with E-state index in [4.69, 9.17) is 4.74 Å². The van der Waals surface area contributed by atoms with Gasteiger partial charge in [-0.3, -0.25) is 9.59 Å². The van der Waals surface area contributed by atoms with Crippen LogP contribution in [0.15, 0.2) is 6.20 Å². The van der Waals surface area contributed by atoms with E-state index >= 15 is 0 Å². The summed E-state index contributed by atoms with van der Waals surface area (Å²) in [5.74, 6) is 0.812. The van der Waals surface area contributed by atoms with Gasteiger partial charge in [-0.15, -0.1) is 0 Å². The Morgan fingerprint density at radius 1 is 1.27 bits per heavy atom. The number of amides is 1. The highest BCUT2D eigenvalue weighted by atomic mass is 16.5. The molecule has 1 saturated heterocycles. The highest BCUT2D eigenvalue weighted by molar-refractivity contribution is 5.92. The summed E-state index contributed by atoms with van der Waals surface area (Å²) in [6, 6.07) is 0. The van der Waals surface area contributed by atoms with Crippen molar-refractivity contribution >= 4 is 11.9 Å². The van der Waals surface area contributed by atoms with E-state index in [0.29, 0.717) is 38.2 Å². The zero-order chi connectivity index (χ0) is 15.5. The molecule has 0 atom stereocenters. The van der Waals surface area contributed by atoms with Gasteiger partial charge < -0.3 is 14.2 Å². The standard InChI is InChI=1S/C16H23N3O3/c1-2-22-16(21)12-6-9-18(10-7-12)15(20)13-11-19-8-4-3-5-14(19)17-13/h11-12H,2-10H2,1H3. The van der Waals surface area contributed by atoms with Crippen LogP contribution in [-0.4, -0.2) is 46.0 Å². The van der Waals surface area contributed by atoms with Crippen molar-refractivity contribution in [3.63, 3.8) is 0 Å². The number of fused-ring (bicyclic) bond motifs is 1. The van der Waals surface area contributed by atoms with Gasteiger partial charge in [0, 0.05) is 32.3 Å². The molecule has 0 radical (unpaired) electrons. The second-order valence-corrected chi connectivity index (χ2v) is 6.01. The minimum Gasteiger partial charge on any atom is -0.466 e. The molecule has 0 aromatic carbocycles. The molecule has 0 saturated carbocycles. The lowest BCUT2D eigenvalue weighted by Crippen LogP contribution is -2.40. The van der Waals surface area contributed by atoms with Crippen LogP contribution in [0.1, 0.15) is 48.9 Å². The molecule has 0 unspecified atom stereocenters. The normalized spacial score (nSPS) is 18.9. The second-order valence-electron chi connectivity index (χ2n) is 6.01. The van der Waals surface area contributed by atoms with Crippen molar-refractivity contribution < 1.29 is 14.3 Å². The lowest BCUT2D eigenvalue weighted by atomic mass is 9.97. The van der Waals surface area contributed by atoms with E-state index in [1.807, 2.05) is 18.0 Å². The van der Waals surface area contributed by atoms with Gasteiger partial charge in [-0.05, 0) is 32.6 Å². The molecule has 3 heterocycles. The summed E-state index contributed by atoms with van der Waals surface area (Å²) in [5, 5.41) is 0. The van der Waals surface area contributed by atoms with Gasteiger partial charge >= 0.3 is 5.97 Å². The van der Waals surface area contributed by atoms with Crippen molar-refractivity contribution in [1.29, 1.82) is 0 Å². The first kappa shape index (κ1) is 15.1. The van der Waals surface area contributed by atoms with E-state index in [0.717, 1.165) is 31.6 Å². The Balaban J connectivity index is 1.60. The molecular formula is C16H23N3O3. The van der Waals surface area contributed by atoms with Crippen molar-refractivity contribution in [2.24, 2.45) is 5.92 Å². The van der Waals surface area contributed by atoms with E-state index < -0.39 is 0 Å². The zero-order valence-corrected chi connectivity index (χ0v) is 13.1. The molecule has 1 fully saturated rings. The van der Waals surface area contributed by atoms with Crippen LogP contribution < -0.4 is 0 Å². The van der Waals surface area contributed by atoms with Gasteiger partial charge in [0.05, 0.1) is 12.5 Å². The number of esters is 1. The summed E-state index contributed by atoms with van der Waals surface area (Å²) >= 11 is 0. The van der Waals surface area contributed by atoms with Crippen LogP contribution in [0.5, 0.6) is 0 Å². The Hall–Kier alpha value is -1.85. The monoisotopic (exact) mass is 305 g/mol. The van der Waals surface area contributed by atoms with E-state index in [-0.39, 0.29) is 17.8 Å². The Morgan fingerprint density at radius 3 is 2.73 bits per heavy atom. The van der Waals surface area contributed by atoms with E-state index in [1.165, 1.54) is 0 Å². The summed E-state index contributed by atoms with van der Waals surface area (Å²) in [4.78, 5) is 30.6. The lowest BCUT2D eigenvalue weighted by Gasteiger charge is -2.30. The Bertz CT molecular complexity index is 535. The first-order valence-corrected chi connectivity index (χ1v) is 8.21. The number of likely N-dealkylation sites (tertiary alicyclic amines) is 1. The molecule has 2 aliphatic heterocycles. The second kappa shape index (κ2) is 6.50. The molecule has 6 heteroatoms. The van der Waals surface area contributed by atoms with Gasteiger partial charge in [0.2, 0.25) is 0 Å². The number of aryl methyl sites for hydroxylation is 2. The number of piperidine rings is 1. The quantitative estimate of drug-likeness (QED) is 0.796. The highest BCUT2D eigenvalue weighted by Gasteiger charge is 2.30. The van der Waals surface area contributed by atoms with Crippen molar-refractivity contribution in [3.8, 4) is 0 Å². The number of carbonyl (C=O) groups excluding carboxylic acids is 2. The maximum atomic E-state index is 12.6. The molecule has 22 heavy (non-hydrogen) atoms. The summed E-state index contributed by atoms with van der Waals surface area (Å²) in [6.45, 7) is 4.39. The Kier molecular flexibility index (Phi) is 4.45. The van der Waals surface area contributed by atoms with Gasteiger partial charge in [0.25, 0.3) is 5.91 Å². The number of nitrogens with zero attached hydrogens (tertiary/aromatic N) is 3. The molecule has 0 aliphatic carbocycles. The molecule has 1 aromatic rings. The van der Waals surface area contributed by atoms with E-state index in [9.17, 15) is 9.59 Å². The molecule has 0 spiro atoms. The van der Waals surface area contributed by atoms with Gasteiger partial charge in [-0.2, -0.15) is 0 Å². The predicted molar refractivity (Wildman–Crippen MR) is 80.4 cm³/mol. The summed E-state index contributed by atoms with van der Waals surface area (Å²) in [5.41, 5.74) is 0.548. The Morgan fingerprint density at radius 2 is 2.05 bits per heavy atom. The number of imidazole rings is 1. The van der Waals surface area contributed by atoms with Crippen molar-refractivity contribution in [2.45, 2.75) is 45.6 Å². The first-order chi connectivity index (χ1) is 10.7. The van der Waals surface area contributed by atoms with Crippen LogP contribution in [0.3, 0.4) is 0 Å². The van der Waals surface area contributed by atoms with Crippen molar-refractivity contribution in [1.82, 2.24) is 14.5 Å². The molecule has 1 amide bonds. The fraction of sp³-hybridized carbons (Fsp3) is 0.688. The molecule has 1 aromatic heterocycles. The third-order valence-corrected chi connectivity index (χ3v) is 4.53. The van der Waals surface area contributed by atoms with Crippen LogP contribution in [0, 0.1) is 5.92 Å². The number of ether oxygens (including phenoxy) is 1. The fourth-order valence-electron chi connectivity index (χ4n) is 3.26. The third-order valence-electron chi connectivity index (χ3n) is 4.53. The van der Waals surface area contributed by atoms with E-state index in [1.54, 1.807) is 0 Å². The largest absolute Gasteiger partial charge is 0.466 e. The fourth-order valence-corrected chi connectivity index (χ4v) is 3.26. The number of hydrogen-bond donors (Lipinski definition) is 0. The minimum atomic E-state index is -0.132. The Labute approximate surface area is 130 Å². The van der Waals surface area contributed by atoms with Gasteiger partial charge in [-0.25, -0.2) is 4.98 Å². The first-order valence-electron chi connectivity index (χ1n) is 8.21. The number of rotatable bonds is 3. The van der Waals surface area contributed by atoms with Gasteiger partial charge in [0.1, 0.15) is 11.5 Å². The minimum absolute atomic E-state index is 0.00999. The topological polar surface area (TPSA) is 64.4 Å². The maximum Gasteiger partial charge on any atom is 0.309 e. The number of carbonyl (C=O) groups is 2. The number of hydrogen-bond acceptors (Lipinski definition) is 4. The molecule has 0 bridgehead atoms. The van der Waals surface area contributed by atoms with Crippen molar-refractivity contribution in [3.05, 3.63) is 17.7 Å². The van der Waals surface area contributed by atoms with Crippen LogP contribution in [0.25, 0.3) is 0 Å². The van der Waals surface area contributed by atoms with Gasteiger partial charge in [-0.1, -0.05) is 0 Å². The summed E-state index contributed by atoms with van der Waals surface area (Å²) in [7, 11) is 0. The number of aromatic nitrogens is 2. The van der Waals surface area contributed by atoms with Crippen LogP contribution >= 0.6 is 0 Å². The van der Waals surface area contributed by atoms with Crippen molar-refractivity contribution in [2.75, 3.05) is 19.7 Å². The summed E-state index contributed by atoms with van der Waals surface area (Å²) < 4.78 is 7.16.